The van der Waals surface area contributed by atoms with E-state index in [-0.39, 0.29) is 16.2 Å². The molecule has 2 aromatic carbocycles. The van der Waals surface area contributed by atoms with E-state index < -0.39 is 15.7 Å². The molecule has 0 heterocycles. The van der Waals surface area contributed by atoms with E-state index in [9.17, 15) is 13.2 Å². The van der Waals surface area contributed by atoms with E-state index in [0.717, 1.165) is 10.0 Å². The van der Waals surface area contributed by atoms with E-state index in [4.69, 9.17) is 0 Å². The SMILES string of the molecule is CCCS(=O)(=O)c1ccccc1C(=O)Nc1ccc(Br)cc1C. The zero-order valence-corrected chi connectivity index (χ0v) is 15.4. The van der Waals surface area contributed by atoms with Gasteiger partial charge in [0.15, 0.2) is 9.84 Å². The molecule has 0 spiro atoms. The van der Waals surface area contributed by atoms with Gasteiger partial charge < -0.3 is 5.32 Å². The highest BCUT2D eigenvalue weighted by atomic mass is 79.9. The molecule has 2 rings (SSSR count). The third-order valence-corrected chi connectivity index (χ3v) is 5.84. The molecule has 1 amide bonds. The highest BCUT2D eigenvalue weighted by Crippen LogP contribution is 2.23. The van der Waals surface area contributed by atoms with Crippen LogP contribution in [0.1, 0.15) is 29.3 Å². The van der Waals surface area contributed by atoms with Crippen molar-refractivity contribution in [1.82, 2.24) is 0 Å². The van der Waals surface area contributed by atoms with E-state index in [1.165, 1.54) is 12.1 Å². The molecule has 0 atom stereocenters. The minimum Gasteiger partial charge on any atom is -0.322 e. The molecule has 0 aromatic heterocycles. The Kier molecular flexibility index (Phi) is 5.59. The summed E-state index contributed by atoms with van der Waals surface area (Å²) in [7, 11) is -3.46. The van der Waals surface area contributed by atoms with Crippen LogP contribution >= 0.6 is 15.9 Å². The standard InChI is InChI=1S/C17H18BrNO3S/c1-3-10-23(21,22)16-7-5-4-6-14(16)17(20)19-15-9-8-13(18)11-12(15)2/h4-9,11H,3,10H2,1-2H3,(H,19,20). The monoisotopic (exact) mass is 395 g/mol. The van der Waals surface area contributed by atoms with Crippen LogP contribution in [0.15, 0.2) is 51.8 Å². The van der Waals surface area contributed by atoms with Crippen molar-refractivity contribution in [3.05, 3.63) is 58.1 Å². The summed E-state index contributed by atoms with van der Waals surface area (Å²) in [5.41, 5.74) is 1.71. The van der Waals surface area contributed by atoms with Gasteiger partial charge in [-0.25, -0.2) is 8.42 Å². The fraction of sp³-hybridized carbons (Fsp3) is 0.235. The third kappa shape index (κ3) is 4.20. The second-order valence-corrected chi connectivity index (χ2v) is 8.22. The fourth-order valence-electron chi connectivity index (χ4n) is 2.26. The quantitative estimate of drug-likeness (QED) is 0.824. The van der Waals surface area contributed by atoms with Crippen LogP contribution in [0.25, 0.3) is 0 Å². The number of carbonyl (C=O) groups excluding carboxylic acids is 1. The van der Waals surface area contributed by atoms with Gasteiger partial charge in [0.2, 0.25) is 0 Å². The number of hydrogen-bond acceptors (Lipinski definition) is 3. The molecule has 4 nitrogen and oxygen atoms in total. The molecule has 122 valence electrons. The van der Waals surface area contributed by atoms with E-state index >= 15 is 0 Å². The molecule has 0 saturated carbocycles. The summed E-state index contributed by atoms with van der Waals surface area (Å²) in [5.74, 6) is -0.403. The molecule has 0 aliphatic carbocycles. The zero-order chi connectivity index (χ0) is 17.0. The van der Waals surface area contributed by atoms with Crippen LogP contribution in [0.4, 0.5) is 5.69 Å². The molecule has 0 radical (unpaired) electrons. The van der Waals surface area contributed by atoms with Gasteiger partial charge in [-0.05, 0) is 49.2 Å². The van der Waals surface area contributed by atoms with Crippen molar-refractivity contribution >= 4 is 37.4 Å². The maximum absolute atomic E-state index is 12.5. The number of rotatable bonds is 5. The number of halogens is 1. The zero-order valence-electron chi connectivity index (χ0n) is 13.0. The van der Waals surface area contributed by atoms with Crippen molar-refractivity contribution in [3.63, 3.8) is 0 Å². The minimum absolute atomic E-state index is 0.0224. The number of nitrogens with one attached hydrogen (secondary N) is 1. The number of aryl methyl sites for hydroxylation is 1. The summed E-state index contributed by atoms with van der Waals surface area (Å²) in [6.45, 7) is 3.67. The van der Waals surface area contributed by atoms with E-state index in [0.29, 0.717) is 12.1 Å². The number of anilines is 1. The van der Waals surface area contributed by atoms with E-state index in [1.54, 1.807) is 25.1 Å². The molecular weight excluding hydrogens is 378 g/mol. The largest absolute Gasteiger partial charge is 0.322 e. The van der Waals surface area contributed by atoms with Gasteiger partial charge in [-0.2, -0.15) is 0 Å². The molecule has 1 N–H and O–H groups in total. The molecule has 23 heavy (non-hydrogen) atoms. The average Bonchev–Trinajstić information content (AvgIpc) is 2.50. The lowest BCUT2D eigenvalue weighted by atomic mass is 10.1. The number of carbonyl (C=O) groups is 1. The smallest absolute Gasteiger partial charge is 0.256 e. The molecule has 0 aliphatic rings. The van der Waals surface area contributed by atoms with Crippen LogP contribution in [-0.4, -0.2) is 20.1 Å². The first kappa shape index (κ1) is 17.7. The van der Waals surface area contributed by atoms with Gasteiger partial charge >= 0.3 is 0 Å². The lowest BCUT2D eigenvalue weighted by Gasteiger charge is -2.12. The Labute approximate surface area is 145 Å². The molecule has 0 aliphatic heterocycles. The fourth-order valence-corrected chi connectivity index (χ4v) is 4.28. The van der Waals surface area contributed by atoms with Gasteiger partial charge in [0, 0.05) is 10.2 Å². The van der Waals surface area contributed by atoms with Crippen LogP contribution in [0, 0.1) is 6.92 Å². The van der Waals surface area contributed by atoms with Gasteiger partial charge in [-0.15, -0.1) is 0 Å². The highest BCUT2D eigenvalue weighted by molar-refractivity contribution is 9.10. The van der Waals surface area contributed by atoms with Crippen LogP contribution in [0.5, 0.6) is 0 Å². The normalized spacial score (nSPS) is 11.3. The van der Waals surface area contributed by atoms with Crippen molar-refractivity contribution in [2.45, 2.75) is 25.2 Å². The number of hydrogen-bond donors (Lipinski definition) is 1. The van der Waals surface area contributed by atoms with Gasteiger partial charge in [0.05, 0.1) is 16.2 Å². The lowest BCUT2D eigenvalue weighted by molar-refractivity contribution is 0.102. The Hall–Kier alpha value is -1.66. The lowest BCUT2D eigenvalue weighted by Crippen LogP contribution is -2.18. The first-order valence-corrected chi connectivity index (χ1v) is 9.69. The Bertz CT molecular complexity index is 831. The summed E-state index contributed by atoms with van der Waals surface area (Å²) in [6.07, 6.45) is 0.504. The van der Waals surface area contributed by atoms with E-state index in [2.05, 4.69) is 21.2 Å². The molecule has 0 saturated heterocycles. The van der Waals surface area contributed by atoms with Gasteiger partial charge in [0.1, 0.15) is 0 Å². The van der Waals surface area contributed by atoms with Crippen LogP contribution in [0.2, 0.25) is 0 Å². The molecule has 0 fully saturated rings. The molecular formula is C17H18BrNO3S. The summed E-state index contributed by atoms with van der Waals surface area (Å²) >= 11 is 3.37. The van der Waals surface area contributed by atoms with Gasteiger partial charge in [-0.1, -0.05) is 35.0 Å². The summed E-state index contributed by atoms with van der Waals surface area (Å²) in [6, 6.07) is 11.8. The van der Waals surface area contributed by atoms with Crippen molar-refractivity contribution < 1.29 is 13.2 Å². The first-order chi connectivity index (χ1) is 10.8. The summed E-state index contributed by atoms with van der Waals surface area (Å²) in [5, 5.41) is 2.78. The van der Waals surface area contributed by atoms with Crippen molar-refractivity contribution in [2.24, 2.45) is 0 Å². The van der Waals surface area contributed by atoms with Crippen LogP contribution < -0.4 is 5.32 Å². The van der Waals surface area contributed by atoms with Crippen LogP contribution in [0.3, 0.4) is 0 Å². The summed E-state index contributed by atoms with van der Waals surface area (Å²) in [4.78, 5) is 12.6. The average molecular weight is 396 g/mol. The molecule has 0 unspecified atom stereocenters. The Morgan fingerprint density at radius 3 is 2.52 bits per heavy atom. The molecule has 2 aromatic rings. The number of benzene rings is 2. The third-order valence-electron chi connectivity index (χ3n) is 3.38. The first-order valence-electron chi connectivity index (χ1n) is 7.24. The predicted octanol–water partition coefficient (Wildman–Crippen LogP) is 4.19. The Balaban J connectivity index is 2.37. The number of sulfone groups is 1. The molecule has 0 bridgehead atoms. The minimum atomic E-state index is -3.46. The summed E-state index contributed by atoms with van der Waals surface area (Å²) < 4.78 is 25.6. The van der Waals surface area contributed by atoms with Gasteiger partial charge in [0.25, 0.3) is 5.91 Å². The second-order valence-electron chi connectivity index (χ2n) is 5.23. The van der Waals surface area contributed by atoms with Crippen molar-refractivity contribution in [1.29, 1.82) is 0 Å². The van der Waals surface area contributed by atoms with Gasteiger partial charge in [-0.3, -0.25) is 4.79 Å². The topological polar surface area (TPSA) is 63.2 Å². The predicted molar refractivity (Wildman–Crippen MR) is 95.6 cm³/mol. The van der Waals surface area contributed by atoms with Crippen LogP contribution in [-0.2, 0) is 9.84 Å². The van der Waals surface area contributed by atoms with Crippen molar-refractivity contribution in [3.8, 4) is 0 Å². The number of amides is 1. The molecule has 6 heteroatoms. The van der Waals surface area contributed by atoms with Crippen molar-refractivity contribution in [2.75, 3.05) is 11.1 Å². The Morgan fingerprint density at radius 2 is 1.87 bits per heavy atom. The van der Waals surface area contributed by atoms with E-state index in [1.807, 2.05) is 19.1 Å². The maximum Gasteiger partial charge on any atom is 0.256 e. The highest BCUT2D eigenvalue weighted by Gasteiger charge is 2.21. The maximum atomic E-state index is 12.5. The Morgan fingerprint density at radius 1 is 1.17 bits per heavy atom. The second kappa shape index (κ2) is 7.27.